The van der Waals surface area contributed by atoms with Crippen molar-refractivity contribution in [2.24, 2.45) is 0 Å². The molecule has 0 bridgehead atoms. The first-order chi connectivity index (χ1) is 14.5. The maximum Gasteiger partial charge on any atom is 0.291 e. The van der Waals surface area contributed by atoms with Crippen LogP contribution in [0.4, 0.5) is 0 Å². The molecule has 1 amide bonds. The van der Waals surface area contributed by atoms with E-state index in [0.29, 0.717) is 29.7 Å². The van der Waals surface area contributed by atoms with Crippen molar-refractivity contribution < 1.29 is 13.9 Å². The first kappa shape index (κ1) is 20.0. The van der Waals surface area contributed by atoms with Crippen LogP contribution in [-0.2, 0) is 0 Å². The molecule has 0 radical (unpaired) electrons. The molecule has 3 aromatic rings. The first-order valence-electron chi connectivity index (χ1n) is 10.2. The zero-order chi connectivity index (χ0) is 21.4. The van der Waals surface area contributed by atoms with Crippen LogP contribution >= 0.6 is 0 Å². The highest BCUT2D eigenvalue weighted by molar-refractivity contribution is 5.99. The van der Waals surface area contributed by atoms with Gasteiger partial charge in [0.1, 0.15) is 11.3 Å². The minimum absolute atomic E-state index is 0.123. The van der Waals surface area contributed by atoms with Crippen LogP contribution in [0.15, 0.2) is 58.3 Å². The van der Waals surface area contributed by atoms with Gasteiger partial charge in [-0.05, 0) is 55.2 Å². The molecule has 0 fully saturated rings. The van der Waals surface area contributed by atoms with E-state index in [1.807, 2.05) is 50.2 Å². The number of fused-ring (bicyclic) bond motifs is 2. The second-order valence-corrected chi connectivity index (χ2v) is 7.70. The van der Waals surface area contributed by atoms with Gasteiger partial charge in [-0.1, -0.05) is 31.2 Å². The maximum absolute atomic E-state index is 13.5. The average molecular weight is 403 g/mol. The lowest BCUT2D eigenvalue weighted by Gasteiger charge is -2.23. The molecule has 2 heterocycles. The molecule has 0 saturated heterocycles. The highest BCUT2D eigenvalue weighted by atomic mass is 16.5. The highest BCUT2D eigenvalue weighted by Gasteiger charge is 2.42. The van der Waals surface area contributed by atoms with E-state index in [9.17, 15) is 9.59 Å². The van der Waals surface area contributed by atoms with E-state index >= 15 is 0 Å². The molecule has 1 atom stereocenters. The monoisotopic (exact) mass is 403 g/mol. The summed E-state index contributed by atoms with van der Waals surface area (Å²) in [5.74, 6) is 0.593. The van der Waals surface area contributed by atoms with Gasteiger partial charge >= 0.3 is 0 Å². The van der Waals surface area contributed by atoms with Crippen molar-refractivity contribution in [3.63, 3.8) is 0 Å². The third kappa shape index (κ3) is 3.20. The van der Waals surface area contributed by atoms with Crippen molar-refractivity contribution in [3.8, 4) is 5.75 Å². The van der Waals surface area contributed by atoms with Crippen molar-refractivity contribution in [1.29, 1.82) is 0 Å². The van der Waals surface area contributed by atoms with E-state index in [1.54, 1.807) is 11.0 Å². The van der Waals surface area contributed by atoms with E-state index in [0.717, 1.165) is 28.9 Å². The topological polar surface area (TPSA) is 59.8 Å². The SMILES string of the molecule is C=CCN1C(=O)c2oc3c(C)cc(C)cc3c(=O)c2C1c1ccc(OCCC)cc1. The van der Waals surface area contributed by atoms with Crippen molar-refractivity contribution in [2.45, 2.75) is 33.2 Å². The van der Waals surface area contributed by atoms with Crippen molar-refractivity contribution in [3.05, 3.63) is 87.3 Å². The van der Waals surface area contributed by atoms with Crippen molar-refractivity contribution >= 4 is 16.9 Å². The molecule has 1 aromatic heterocycles. The van der Waals surface area contributed by atoms with E-state index in [-0.39, 0.29) is 17.1 Å². The first-order valence-corrected chi connectivity index (χ1v) is 10.2. The zero-order valence-corrected chi connectivity index (χ0v) is 17.5. The average Bonchev–Trinajstić information content (AvgIpc) is 3.00. The number of nitrogens with zero attached hydrogens (tertiary/aromatic N) is 1. The molecule has 5 nitrogen and oxygen atoms in total. The Morgan fingerprint density at radius 2 is 1.90 bits per heavy atom. The summed E-state index contributed by atoms with van der Waals surface area (Å²) in [7, 11) is 0. The van der Waals surface area contributed by atoms with Crippen LogP contribution in [0.3, 0.4) is 0 Å². The van der Waals surface area contributed by atoms with E-state index in [2.05, 4.69) is 13.5 Å². The molecule has 30 heavy (non-hydrogen) atoms. The number of amides is 1. The van der Waals surface area contributed by atoms with Crippen molar-refractivity contribution in [2.75, 3.05) is 13.2 Å². The summed E-state index contributed by atoms with van der Waals surface area (Å²) < 4.78 is 11.7. The van der Waals surface area contributed by atoms with Crippen LogP contribution in [0.5, 0.6) is 5.75 Å². The molecule has 1 unspecified atom stereocenters. The molecule has 2 aromatic carbocycles. The number of carbonyl (C=O) groups excluding carboxylic acids is 1. The summed E-state index contributed by atoms with van der Waals surface area (Å²) in [5.41, 5.74) is 3.36. The van der Waals surface area contributed by atoms with Crippen LogP contribution in [0.1, 0.15) is 52.2 Å². The molecule has 4 rings (SSSR count). The lowest BCUT2D eigenvalue weighted by molar-refractivity contribution is 0.0748. The Bertz CT molecular complexity index is 1190. The quantitative estimate of drug-likeness (QED) is 0.548. The summed E-state index contributed by atoms with van der Waals surface area (Å²) >= 11 is 0. The highest BCUT2D eigenvalue weighted by Crippen LogP contribution is 2.39. The molecule has 0 aliphatic carbocycles. The number of hydrogen-bond donors (Lipinski definition) is 0. The van der Waals surface area contributed by atoms with Gasteiger partial charge < -0.3 is 14.1 Å². The summed E-state index contributed by atoms with van der Waals surface area (Å²) in [4.78, 5) is 28.3. The zero-order valence-electron chi connectivity index (χ0n) is 17.5. The van der Waals surface area contributed by atoms with Gasteiger partial charge in [0.2, 0.25) is 5.76 Å². The normalized spacial score (nSPS) is 15.5. The molecule has 1 aliphatic heterocycles. The van der Waals surface area contributed by atoms with Gasteiger partial charge in [0.25, 0.3) is 5.91 Å². The van der Waals surface area contributed by atoms with Gasteiger partial charge in [-0.3, -0.25) is 9.59 Å². The number of benzene rings is 2. The van der Waals surface area contributed by atoms with E-state index in [1.165, 1.54) is 0 Å². The van der Waals surface area contributed by atoms with Crippen molar-refractivity contribution in [1.82, 2.24) is 4.90 Å². The molecule has 0 saturated carbocycles. The minimum atomic E-state index is -0.521. The molecule has 5 heteroatoms. The van der Waals surface area contributed by atoms with Crippen LogP contribution in [0.25, 0.3) is 11.0 Å². The van der Waals surface area contributed by atoms with Crippen LogP contribution < -0.4 is 10.2 Å². The second-order valence-electron chi connectivity index (χ2n) is 7.70. The van der Waals surface area contributed by atoms with E-state index < -0.39 is 6.04 Å². The second kappa shape index (κ2) is 7.82. The standard InChI is InChI=1S/C25H25NO4/c1-5-11-26-21(17-7-9-18(10-8-17)29-12-6-2)20-22(27)19-14-15(3)13-16(4)23(19)30-24(20)25(26)28/h5,7-10,13-14,21H,1,6,11-12H2,2-4H3. The largest absolute Gasteiger partial charge is 0.494 e. The summed E-state index contributed by atoms with van der Waals surface area (Å²) in [6.07, 6.45) is 2.58. The minimum Gasteiger partial charge on any atom is -0.494 e. The number of carbonyl (C=O) groups is 1. The fourth-order valence-corrected chi connectivity index (χ4v) is 4.11. The Kier molecular flexibility index (Phi) is 5.20. The van der Waals surface area contributed by atoms with Crippen LogP contribution in [0, 0.1) is 13.8 Å². The molecule has 0 spiro atoms. The number of rotatable bonds is 6. The molecule has 1 aliphatic rings. The smallest absolute Gasteiger partial charge is 0.291 e. The maximum atomic E-state index is 13.5. The predicted molar refractivity (Wildman–Crippen MR) is 117 cm³/mol. The van der Waals surface area contributed by atoms with Crippen LogP contribution in [0.2, 0.25) is 0 Å². The Morgan fingerprint density at radius 3 is 2.57 bits per heavy atom. The van der Waals surface area contributed by atoms with E-state index in [4.69, 9.17) is 9.15 Å². The molecule has 0 N–H and O–H groups in total. The Labute approximate surface area is 175 Å². The fraction of sp³-hybridized carbons (Fsp3) is 0.280. The summed E-state index contributed by atoms with van der Waals surface area (Å²) in [5, 5.41) is 0.507. The van der Waals surface area contributed by atoms with Gasteiger partial charge in [-0.25, -0.2) is 0 Å². The fourth-order valence-electron chi connectivity index (χ4n) is 4.11. The Morgan fingerprint density at radius 1 is 1.17 bits per heavy atom. The number of hydrogen-bond acceptors (Lipinski definition) is 4. The van der Waals surface area contributed by atoms with Gasteiger partial charge in [0.05, 0.1) is 23.6 Å². The Hall–Kier alpha value is -3.34. The van der Waals surface area contributed by atoms with Gasteiger partial charge in [-0.2, -0.15) is 0 Å². The lowest BCUT2D eigenvalue weighted by Crippen LogP contribution is -2.29. The lowest BCUT2D eigenvalue weighted by atomic mass is 9.97. The number of aryl methyl sites for hydroxylation is 2. The van der Waals surface area contributed by atoms with Gasteiger partial charge in [0, 0.05) is 6.54 Å². The van der Waals surface area contributed by atoms with Gasteiger partial charge in [0.15, 0.2) is 5.43 Å². The molecular weight excluding hydrogens is 378 g/mol. The predicted octanol–water partition coefficient (Wildman–Crippen LogP) is 4.93. The summed E-state index contributed by atoms with van der Waals surface area (Å²) in [6.45, 7) is 10.6. The molecule has 154 valence electrons. The third-order valence-electron chi connectivity index (χ3n) is 5.39. The molecular formula is C25H25NO4. The van der Waals surface area contributed by atoms with Crippen LogP contribution in [-0.4, -0.2) is 24.0 Å². The number of ether oxygens (including phenoxy) is 1. The third-order valence-corrected chi connectivity index (χ3v) is 5.39. The Balaban J connectivity index is 1.91. The van der Waals surface area contributed by atoms with Gasteiger partial charge in [-0.15, -0.1) is 6.58 Å². The summed E-state index contributed by atoms with van der Waals surface area (Å²) in [6, 6.07) is 10.8.